The number of anilines is 1. The molecule has 0 unspecified atom stereocenters. The van der Waals surface area contributed by atoms with Gasteiger partial charge in [-0.15, -0.1) is 5.10 Å². The Labute approximate surface area is 135 Å². The standard InChI is InChI=1S/C15H23N7O/c1-5-11-12(6-2)18-19-15(17-11)22-8-7-21(4)13(9-22)14-16-10(3)20-23-14/h13H,5-9H2,1-4H3/t13-/m1/s1. The Morgan fingerprint density at radius 1 is 1.09 bits per heavy atom. The van der Waals surface area contributed by atoms with Crippen molar-refractivity contribution in [2.45, 2.75) is 39.7 Å². The second-order valence-electron chi connectivity index (χ2n) is 5.83. The number of aryl methyl sites for hydroxylation is 3. The maximum absolute atomic E-state index is 5.35. The summed E-state index contributed by atoms with van der Waals surface area (Å²) in [6.07, 6.45) is 1.72. The average Bonchev–Trinajstić information content (AvgIpc) is 3.01. The molecule has 0 saturated carbocycles. The number of hydrogen-bond acceptors (Lipinski definition) is 8. The van der Waals surface area contributed by atoms with Gasteiger partial charge < -0.3 is 9.42 Å². The van der Waals surface area contributed by atoms with Crippen LogP contribution in [0.25, 0.3) is 0 Å². The molecule has 124 valence electrons. The quantitative estimate of drug-likeness (QED) is 0.831. The SMILES string of the molecule is CCc1nnc(N2CCN(C)[C@@H](c3nc(C)no3)C2)nc1CC. The predicted molar refractivity (Wildman–Crippen MR) is 85.2 cm³/mol. The van der Waals surface area contributed by atoms with E-state index in [1.807, 2.05) is 6.92 Å². The molecular formula is C15H23N7O. The maximum atomic E-state index is 5.35. The molecule has 1 aliphatic rings. The van der Waals surface area contributed by atoms with E-state index < -0.39 is 0 Å². The largest absolute Gasteiger partial charge is 0.338 e. The van der Waals surface area contributed by atoms with Crippen molar-refractivity contribution in [1.82, 2.24) is 30.2 Å². The van der Waals surface area contributed by atoms with Gasteiger partial charge in [0, 0.05) is 19.6 Å². The van der Waals surface area contributed by atoms with Gasteiger partial charge >= 0.3 is 0 Å². The Kier molecular flexibility index (Phi) is 4.51. The summed E-state index contributed by atoms with van der Waals surface area (Å²) in [6.45, 7) is 8.46. The second-order valence-corrected chi connectivity index (χ2v) is 5.83. The zero-order valence-corrected chi connectivity index (χ0v) is 14.2. The van der Waals surface area contributed by atoms with Crippen LogP contribution < -0.4 is 4.90 Å². The fraction of sp³-hybridized carbons (Fsp3) is 0.667. The van der Waals surface area contributed by atoms with Crippen LogP contribution in [0.4, 0.5) is 5.95 Å². The predicted octanol–water partition coefficient (Wildman–Crippen LogP) is 1.18. The van der Waals surface area contributed by atoms with Crippen molar-refractivity contribution >= 4 is 5.95 Å². The van der Waals surface area contributed by atoms with E-state index in [-0.39, 0.29) is 6.04 Å². The van der Waals surface area contributed by atoms with E-state index >= 15 is 0 Å². The maximum Gasteiger partial charge on any atom is 0.245 e. The van der Waals surface area contributed by atoms with E-state index in [2.05, 4.69) is 51.0 Å². The number of rotatable bonds is 4. The van der Waals surface area contributed by atoms with Gasteiger partial charge in [0.1, 0.15) is 6.04 Å². The van der Waals surface area contributed by atoms with E-state index in [1.165, 1.54) is 0 Å². The third-order valence-corrected chi connectivity index (χ3v) is 4.26. The zero-order chi connectivity index (χ0) is 16.4. The summed E-state index contributed by atoms with van der Waals surface area (Å²) in [4.78, 5) is 13.5. The van der Waals surface area contributed by atoms with Crippen LogP contribution in [-0.4, -0.2) is 56.9 Å². The summed E-state index contributed by atoms with van der Waals surface area (Å²) in [6, 6.07) is 0.0458. The van der Waals surface area contributed by atoms with Crippen molar-refractivity contribution in [3.05, 3.63) is 23.1 Å². The summed E-state index contributed by atoms with van der Waals surface area (Å²) in [7, 11) is 2.07. The molecule has 23 heavy (non-hydrogen) atoms. The average molecular weight is 317 g/mol. The lowest BCUT2D eigenvalue weighted by Gasteiger charge is -2.37. The molecule has 0 amide bonds. The molecule has 0 radical (unpaired) electrons. The lowest BCUT2D eigenvalue weighted by atomic mass is 10.2. The van der Waals surface area contributed by atoms with Crippen LogP contribution in [-0.2, 0) is 12.8 Å². The first kappa shape index (κ1) is 15.8. The molecule has 2 aromatic rings. The van der Waals surface area contributed by atoms with Gasteiger partial charge in [-0.2, -0.15) is 10.1 Å². The Balaban J connectivity index is 1.83. The Morgan fingerprint density at radius 2 is 1.87 bits per heavy atom. The van der Waals surface area contributed by atoms with Crippen molar-refractivity contribution in [2.75, 3.05) is 31.6 Å². The molecule has 0 aliphatic carbocycles. The van der Waals surface area contributed by atoms with E-state index in [9.17, 15) is 0 Å². The van der Waals surface area contributed by atoms with Crippen LogP contribution in [0.5, 0.6) is 0 Å². The first-order valence-electron chi connectivity index (χ1n) is 8.10. The lowest BCUT2D eigenvalue weighted by molar-refractivity contribution is 0.176. The number of likely N-dealkylation sites (N-methyl/N-ethyl adjacent to an activating group) is 1. The fourth-order valence-electron chi connectivity index (χ4n) is 2.83. The zero-order valence-electron chi connectivity index (χ0n) is 14.2. The van der Waals surface area contributed by atoms with Gasteiger partial charge in [-0.1, -0.05) is 19.0 Å². The summed E-state index contributed by atoms with van der Waals surface area (Å²) in [5.74, 6) is 1.99. The number of nitrogens with zero attached hydrogens (tertiary/aromatic N) is 7. The molecule has 2 aromatic heterocycles. The molecule has 1 atom stereocenters. The normalized spacial score (nSPS) is 19.3. The molecule has 8 heteroatoms. The van der Waals surface area contributed by atoms with Gasteiger partial charge in [-0.3, -0.25) is 4.90 Å². The molecule has 3 heterocycles. The van der Waals surface area contributed by atoms with Crippen molar-refractivity contribution in [3.8, 4) is 0 Å². The topological polar surface area (TPSA) is 84.1 Å². The van der Waals surface area contributed by atoms with E-state index in [0.29, 0.717) is 24.2 Å². The monoisotopic (exact) mass is 317 g/mol. The second kappa shape index (κ2) is 6.57. The minimum atomic E-state index is 0.0458. The summed E-state index contributed by atoms with van der Waals surface area (Å²) in [5, 5.41) is 12.6. The molecular weight excluding hydrogens is 294 g/mol. The Morgan fingerprint density at radius 3 is 2.52 bits per heavy atom. The minimum absolute atomic E-state index is 0.0458. The molecule has 1 fully saturated rings. The van der Waals surface area contributed by atoms with Crippen molar-refractivity contribution < 1.29 is 4.52 Å². The van der Waals surface area contributed by atoms with Crippen LogP contribution in [0.15, 0.2) is 4.52 Å². The van der Waals surface area contributed by atoms with Gasteiger partial charge in [0.25, 0.3) is 0 Å². The van der Waals surface area contributed by atoms with Crippen LogP contribution in [0.3, 0.4) is 0 Å². The van der Waals surface area contributed by atoms with Gasteiger partial charge in [0.15, 0.2) is 5.82 Å². The highest BCUT2D eigenvalue weighted by Crippen LogP contribution is 2.25. The molecule has 0 N–H and O–H groups in total. The number of hydrogen-bond donors (Lipinski definition) is 0. The van der Waals surface area contributed by atoms with Crippen LogP contribution >= 0.6 is 0 Å². The number of aromatic nitrogens is 5. The molecule has 1 aliphatic heterocycles. The van der Waals surface area contributed by atoms with E-state index in [0.717, 1.165) is 37.3 Å². The fourth-order valence-corrected chi connectivity index (χ4v) is 2.83. The summed E-state index contributed by atoms with van der Waals surface area (Å²) < 4.78 is 5.35. The van der Waals surface area contributed by atoms with Crippen LogP contribution in [0.2, 0.25) is 0 Å². The Hall–Kier alpha value is -2.09. The lowest BCUT2D eigenvalue weighted by Crippen LogP contribution is -2.47. The molecule has 3 rings (SSSR count). The van der Waals surface area contributed by atoms with Gasteiger partial charge in [0.05, 0.1) is 11.4 Å². The van der Waals surface area contributed by atoms with E-state index in [1.54, 1.807) is 0 Å². The first-order chi connectivity index (χ1) is 11.1. The van der Waals surface area contributed by atoms with Crippen molar-refractivity contribution in [1.29, 1.82) is 0 Å². The molecule has 0 bridgehead atoms. The molecule has 8 nitrogen and oxygen atoms in total. The van der Waals surface area contributed by atoms with Crippen LogP contribution in [0.1, 0.15) is 43.0 Å². The number of piperazine rings is 1. The van der Waals surface area contributed by atoms with Crippen molar-refractivity contribution in [3.63, 3.8) is 0 Å². The third kappa shape index (κ3) is 3.17. The summed E-state index contributed by atoms with van der Waals surface area (Å²) in [5.41, 5.74) is 2.01. The van der Waals surface area contributed by atoms with Crippen molar-refractivity contribution in [2.24, 2.45) is 0 Å². The molecule has 0 spiro atoms. The van der Waals surface area contributed by atoms with Gasteiger partial charge in [-0.25, -0.2) is 4.98 Å². The molecule has 0 aromatic carbocycles. The first-order valence-corrected chi connectivity index (χ1v) is 8.10. The van der Waals surface area contributed by atoms with Crippen LogP contribution in [0, 0.1) is 6.92 Å². The highest BCUT2D eigenvalue weighted by molar-refractivity contribution is 5.32. The third-order valence-electron chi connectivity index (χ3n) is 4.26. The molecule has 1 saturated heterocycles. The highest BCUT2D eigenvalue weighted by atomic mass is 16.5. The summed E-state index contributed by atoms with van der Waals surface area (Å²) >= 11 is 0. The highest BCUT2D eigenvalue weighted by Gasteiger charge is 2.31. The Bertz CT molecular complexity index is 672. The minimum Gasteiger partial charge on any atom is -0.338 e. The van der Waals surface area contributed by atoms with Gasteiger partial charge in [-0.05, 0) is 26.8 Å². The van der Waals surface area contributed by atoms with Gasteiger partial charge in [0.2, 0.25) is 11.8 Å². The van der Waals surface area contributed by atoms with E-state index in [4.69, 9.17) is 9.51 Å². The smallest absolute Gasteiger partial charge is 0.245 e.